The van der Waals surface area contributed by atoms with Crippen LogP contribution in [0.15, 0.2) is 72.8 Å². The molecule has 0 bridgehead atoms. The van der Waals surface area contributed by atoms with Crippen LogP contribution < -0.4 is 10.1 Å². The van der Waals surface area contributed by atoms with E-state index in [9.17, 15) is 4.79 Å². The quantitative estimate of drug-likeness (QED) is 0.477. The van der Waals surface area contributed by atoms with E-state index >= 15 is 0 Å². The molecule has 7 nitrogen and oxygen atoms in total. The summed E-state index contributed by atoms with van der Waals surface area (Å²) in [6.07, 6.45) is 3.30. The fourth-order valence-electron chi connectivity index (χ4n) is 2.73. The second-order valence-corrected chi connectivity index (χ2v) is 6.91. The van der Waals surface area contributed by atoms with Gasteiger partial charge in [0.1, 0.15) is 12.4 Å². The van der Waals surface area contributed by atoms with E-state index in [0.29, 0.717) is 12.3 Å². The molecule has 30 heavy (non-hydrogen) atoms. The number of fused-ring (bicyclic) bond motifs is 1. The molecule has 1 fully saturated rings. The lowest BCUT2D eigenvalue weighted by molar-refractivity contribution is 0.209. The topological polar surface area (TPSA) is 88.8 Å². The zero-order chi connectivity index (χ0) is 20.8. The Morgan fingerprint density at radius 3 is 2.37 bits per heavy atom. The lowest BCUT2D eigenvalue weighted by Gasteiger charge is -2.08. The number of ether oxygens (including phenoxy) is 1. The summed E-state index contributed by atoms with van der Waals surface area (Å²) in [7, 11) is 0. The molecule has 0 aliphatic heterocycles. The highest BCUT2D eigenvalue weighted by Crippen LogP contribution is 2.22. The molecule has 0 radical (unpaired) electrons. The van der Waals surface area contributed by atoms with Crippen LogP contribution >= 0.6 is 0 Å². The first-order valence-corrected chi connectivity index (χ1v) is 9.82. The normalized spacial score (nSPS) is 12.0. The number of benzene rings is 2. The van der Waals surface area contributed by atoms with Gasteiger partial charge in [-0.1, -0.05) is 67.8 Å². The van der Waals surface area contributed by atoms with Crippen LogP contribution in [0.2, 0.25) is 0 Å². The molecule has 0 unspecified atom stereocenters. The monoisotopic (exact) mass is 402 g/mol. The predicted octanol–water partition coefficient (Wildman–Crippen LogP) is 5.24. The van der Waals surface area contributed by atoms with Gasteiger partial charge in [0.2, 0.25) is 0 Å². The van der Waals surface area contributed by atoms with E-state index in [-0.39, 0.29) is 5.95 Å². The van der Waals surface area contributed by atoms with E-state index in [1.807, 2.05) is 66.7 Å². The van der Waals surface area contributed by atoms with Crippen molar-refractivity contribution in [2.45, 2.75) is 25.9 Å². The highest BCUT2D eigenvalue weighted by Gasteiger charge is 2.10. The molecular weight excluding hydrogens is 380 g/mol. The van der Waals surface area contributed by atoms with Gasteiger partial charge in [0, 0.05) is 5.56 Å². The van der Waals surface area contributed by atoms with Crippen LogP contribution in [-0.2, 0) is 6.61 Å². The smallest absolute Gasteiger partial charge is 0.411 e. The van der Waals surface area contributed by atoms with Crippen molar-refractivity contribution in [3.8, 4) is 17.0 Å². The lowest BCUT2D eigenvalue weighted by atomic mass is 10.1. The van der Waals surface area contributed by atoms with Gasteiger partial charge in [0.25, 0.3) is 5.95 Å². The molecule has 2 N–H and O–H groups in total. The number of rotatable bonds is 5. The first-order chi connectivity index (χ1) is 14.7. The van der Waals surface area contributed by atoms with Crippen LogP contribution in [-0.4, -0.2) is 25.8 Å². The van der Waals surface area contributed by atoms with Crippen molar-refractivity contribution in [1.82, 2.24) is 14.6 Å². The number of anilines is 1. The minimum absolute atomic E-state index is 0.0443. The number of nitrogens with one attached hydrogen (secondary N) is 1. The molecule has 2 aromatic heterocycles. The molecule has 152 valence electrons. The van der Waals surface area contributed by atoms with Crippen molar-refractivity contribution in [2.75, 3.05) is 5.32 Å². The summed E-state index contributed by atoms with van der Waals surface area (Å²) >= 11 is 0. The van der Waals surface area contributed by atoms with Gasteiger partial charge in [-0.2, -0.15) is 4.98 Å². The number of para-hydroxylation sites is 1. The standard InChI is InChI=1S/C20H16N4O3.C3H6/c25-20(26)22-19-21-18-8-4-7-17(24(18)23-19)15-11-9-14(10-12-15)13-27-16-5-2-1-3-6-16;1-2-3-1/h1-12H,13H2,(H,22,23)(H,25,26);1-3H2. The molecule has 2 aromatic carbocycles. The van der Waals surface area contributed by atoms with Gasteiger partial charge in [0.05, 0.1) is 5.69 Å². The maximum absolute atomic E-state index is 10.8. The van der Waals surface area contributed by atoms with Crippen molar-refractivity contribution >= 4 is 17.7 Å². The van der Waals surface area contributed by atoms with E-state index in [0.717, 1.165) is 22.6 Å². The summed E-state index contributed by atoms with van der Waals surface area (Å²) in [5.74, 6) is 0.871. The summed E-state index contributed by atoms with van der Waals surface area (Å²) in [4.78, 5) is 14.9. The molecule has 1 aliphatic rings. The van der Waals surface area contributed by atoms with Crippen LogP contribution in [0.25, 0.3) is 16.9 Å². The van der Waals surface area contributed by atoms with E-state index in [1.165, 1.54) is 19.3 Å². The Bertz CT molecular complexity index is 1120. The summed E-state index contributed by atoms with van der Waals surface area (Å²) in [6, 6.07) is 23.1. The molecule has 0 saturated heterocycles. The van der Waals surface area contributed by atoms with Gasteiger partial charge in [-0.15, -0.1) is 5.10 Å². The number of carboxylic acid groups (broad SMARTS) is 1. The van der Waals surface area contributed by atoms with Crippen molar-refractivity contribution in [3.63, 3.8) is 0 Å². The average molecular weight is 402 g/mol. The summed E-state index contributed by atoms with van der Waals surface area (Å²) in [6.45, 7) is 0.477. The summed E-state index contributed by atoms with van der Waals surface area (Å²) in [5.41, 5.74) is 3.36. The number of amides is 1. The summed E-state index contributed by atoms with van der Waals surface area (Å²) in [5, 5.41) is 15.2. The summed E-state index contributed by atoms with van der Waals surface area (Å²) < 4.78 is 7.37. The number of pyridine rings is 1. The number of hydrogen-bond donors (Lipinski definition) is 2. The van der Waals surface area contributed by atoms with Crippen molar-refractivity contribution in [3.05, 3.63) is 78.4 Å². The highest BCUT2D eigenvalue weighted by atomic mass is 16.5. The van der Waals surface area contributed by atoms with Gasteiger partial charge >= 0.3 is 6.09 Å². The average Bonchev–Trinajstić information content (AvgIpc) is 3.59. The molecule has 1 aliphatic carbocycles. The molecular formula is C23H22N4O3. The largest absolute Gasteiger partial charge is 0.489 e. The maximum atomic E-state index is 10.8. The van der Waals surface area contributed by atoms with E-state index in [2.05, 4.69) is 15.4 Å². The second kappa shape index (κ2) is 9.09. The van der Waals surface area contributed by atoms with Crippen LogP contribution in [0.1, 0.15) is 24.8 Å². The van der Waals surface area contributed by atoms with E-state index < -0.39 is 6.09 Å². The minimum Gasteiger partial charge on any atom is -0.489 e. The Hall–Kier alpha value is -3.87. The second-order valence-electron chi connectivity index (χ2n) is 6.91. The molecule has 1 saturated carbocycles. The fourth-order valence-corrected chi connectivity index (χ4v) is 2.73. The number of hydrogen-bond acceptors (Lipinski definition) is 4. The Kier molecular flexibility index (Phi) is 5.89. The molecule has 0 atom stereocenters. The third-order valence-corrected chi connectivity index (χ3v) is 4.33. The zero-order valence-electron chi connectivity index (χ0n) is 16.4. The molecule has 1 amide bonds. The van der Waals surface area contributed by atoms with Crippen LogP contribution in [0.4, 0.5) is 10.7 Å². The molecule has 0 spiro atoms. The van der Waals surface area contributed by atoms with Crippen molar-refractivity contribution in [2.24, 2.45) is 0 Å². The Labute approximate surface area is 174 Å². The maximum Gasteiger partial charge on any atom is 0.411 e. The van der Waals surface area contributed by atoms with Gasteiger partial charge in [0.15, 0.2) is 5.65 Å². The molecule has 4 aromatic rings. The number of nitrogens with zero attached hydrogens (tertiary/aromatic N) is 3. The van der Waals surface area contributed by atoms with Crippen molar-refractivity contribution in [1.29, 1.82) is 0 Å². The molecule has 2 heterocycles. The Morgan fingerprint density at radius 2 is 1.70 bits per heavy atom. The number of aromatic nitrogens is 3. The highest BCUT2D eigenvalue weighted by molar-refractivity contribution is 5.80. The minimum atomic E-state index is -1.20. The molecule has 5 rings (SSSR count). The first-order valence-electron chi connectivity index (χ1n) is 9.82. The third-order valence-electron chi connectivity index (χ3n) is 4.33. The van der Waals surface area contributed by atoms with Crippen molar-refractivity contribution < 1.29 is 14.6 Å². The Balaban J connectivity index is 0.000000667. The SMILES string of the molecule is C1CC1.O=C(O)Nc1nc2cccc(-c3ccc(COc4ccccc4)cc3)n2n1. The van der Waals surface area contributed by atoms with Gasteiger partial charge in [-0.25, -0.2) is 9.31 Å². The first kappa shape index (κ1) is 19.4. The number of carbonyl (C=O) groups is 1. The third kappa shape index (κ3) is 5.14. The fraction of sp³-hybridized carbons (Fsp3) is 0.174. The van der Waals surface area contributed by atoms with Crippen LogP contribution in [0.3, 0.4) is 0 Å². The van der Waals surface area contributed by atoms with E-state index in [1.54, 1.807) is 10.6 Å². The van der Waals surface area contributed by atoms with Crippen LogP contribution in [0.5, 0.6) is 5.75 Å². The predicted molar refractivity (Wildman–Crippen MR) is 115 cm³/mol. The zero-order valence-corrected chi connectivity index (χ0v) is 16.4. The molecule has 7 heteroatoms. The lowest BCUT2D eigenvalue weighted by Crippen LogP contribution is -2.08. The Morgan fingerprint density at radius 1 is 0.967 bits per heavy atom. The van der Waals surface area contributed by atoms with E-state index in [4.69, 9.17) is 9.84 Å². The van der Waals surface area contributed by atoms with Gasteiger partial charge < -0.3 is 9.84 Å². The van der Waals surface area contributed by atoms with Crippen LogP contribution in [0, 0.1) is 0 Å². The van der Waals surface area contributed by atoms with Gasteiger partial charge in [-0.3, -0.25) is 5.32 Å². The van der Waals surface area contributed by atoms with Gasteiger partial charge in [-0.05, 0) is 29.8 Å².